The number of hydrogen-bond donors (Lipinski definition) is 1. The minimum absolute atomic E-state index is 0.0529. The average molecular weight is 400 g/mol. The molecule has 4 rings (SSSR count). The van der Waals surface area contributed by atoms with E-state index in [2.05, 4.69) is 11.0 Å². The van der Waals surface area contributed by atoms with Crippen molar-refractivity contribution in [3.63, 3.8) is 0 Å². The SMILES string of the molecule is COc1ccc([C@@H]2[C@H]3CCCC[C@@]3(O)CCN2Cc2cccc(F)c2)cc1OC. The van der Waals surface area contributed by atoms with Crippen LogP contribution < -0.4 is 9.47 Å². The van der Waals surface area contributed by atoms with Crippen LogP contribution in [-0.4, -0.2) is 36.4 Å². The molecule has 0 bridgehead atoms. The van der Waals surface area contributed by atoms with Gasteiger partial charge in [-0.1, -0.05) is 31.0 Å². The van der Waals surface area contributed by atoms with Gasteiger partial charge < -0.3 is 14.6 Å². The van der Waals surface area contributed by atoms with Gasteiger partial charge in [0.2, 0.25) is 0 Å². The Bertz CT molecular complexity index is 858. The fraction of sp³-hybridized carbons (Fsp3) is 0.500. The van der Waals surface area contributed by atoms with E-state index in [1.54, 1.807) is 26.4 Å². The summed E-state index contributed by atoms with van der Waals surface area (Å²) in [6, 6.07) is 12.9. The van der Waals surface area contributed by atoms with Crippen LogP contribution in [-0.2, 0) is 6.54 Å². The normalized spacial score (nSPS) is 27.3. The Morgan fingerprint density at radius 2 is 1.90 bits per heavy atom. The molecule has 1 N–H and O–H groups in total. The van der Waals surface area contributed by atoms with Crippen molar-refractivity contribution in [1.82, 2.24) is 4.90 Å². The van der Waals surface area contributed by atoms with E-state index < -0.39 is 5.60 Å². The second kappa shape index (κ2) is 8.33. The lowest BCUT2D eigenvalue weighted by Gasteiger charge is -2.53. The van der Waals surface area contributed by atoms with E-state index in [0.29, 0.717) is 18.0 Å². The van der Waals surface area contributed by atoms with Gasteiger partial charge in [0.05, 0.1) is 19.8 Å². The van der Waals surface area contributed by atoms with E-state index in [1.165, 1.54) is 6.07 Å². The smallest absolute Gasteiger partial charge is 0.161 e. The van der Waals surface area contributed by atoms with Crippen LogP contribution in [0.3, 0.4) is 0 Å². The summed E-state index contributed by atoms with van der Waals surface area (Å²) >= 11 is 0. The zero-order valence-corrected chi connectivity index (χ0v) is 17.2. The first kappa shape index (κ1) is 20.2. The average Bonchev–Trinajstić information content (AvgIpc) is 2.73. The summed E-state index contributed by atoms with van der Waals surface area (Å²) in [7, 11) is 3.28. The van der Waals surface area contributed by atoms with Crippen LogP contribution in [0.25, 0.3) is 0 Å². The van der Waals surface area contributed by atoms with Gasteiger partial charge in [0.25, 0.3) is 0 Å². The summed E-state index contributed by atoms with van der Waals surface area (Å²) in [5, 5.41) is 11.4. The van der Waals surface area contributed by atoms with E-state index in [1.807, 2.05) is 18.2 Å². The molecule has 4 nitrogen and oxygen atoms in total. The maximum Gasteiger partial charge on any atom is 0.161 e. The molecule has 1 saturated heterocycles. The standard InChI is InChI=1S/C24H30FNO3/c1-28-21-10-9-18(15-22(21)29-2)23-20-8-3-4-11-24(20,27)12-13-26(23)16-17-6-5-7-19(25)14-17/h5-7,9-10,14-15,20,23,27H,3-4,8,11-13,16H2,1-2H3/t20-,23-,24-/m1/s1. The highest BCUT2D eigenvalue weighted by molar-refractivity contribution is 5.44. The maximum absolute atomic E-state index is 13.8. The van der Waals surface area contributed by atoms with Gasteiger partial charge in [-0.3, -0.25) is 4.90 Å². The largest absolute Gasteiger partial charge is 0.493 e. The zero-order chi connectivity index (χ0) is 20.4. The molecule has 1 aliphatic carbocycles. The van der Waals surface area contributed by atoms with E-state index in [9.17, 15) is 9.50 Å². The van der Waals surface area contributed by atoms with Crippen LogP contribution in [0.5, 0.6) is 11.5 Å². The van der Waals surface area contributed by atoms with Gasteiger partial charge in [-0.15, -0.1) is 0 Å². The Morgan fingerprint density at radius 1 is 1.07 bits per heavy atom. The minimum atomic E-state index is -0.630. The summed E-state index contributed by atoms with van der Waals surface area (Å²) in [6.45, 7) is 1.44. The van der Waals surface area contributed by atoms with Gasteiger partial charge in [0.1, 0.15) is 5.82 Å². The number of nitrogens with zero attached hydrogens (tertiary/aromatic N) is 1. The second-order valence-electron chi connectivity index (χ2n) is 8.37. The van der Waals surface area contributed by atoms with E-state index >= 15 is 0 Å². The molecule has 0 amide bonds. The Hall–Kier alpha value is -2.11. The number of likely N-dealkylation sites (tertiary alicyclic amines) is 1. The van der Waals surface area contributed by atoms with Crippen LogP contribution >= 0.6 is 0 Å². The number of methoxy groups -OCH3 is 2. The number of rotatable bonds is 5. The molecule has 5 heteroatoms. The molecule has 1 aliphatic heterocycles. The predicted octanol–water partition coefficient (Wildman–Crippen LogP) is 4.71. The molecule has 0 spiro atoms. The van der Waals surface area contributed by atoms with Gasteiger partial charge >= 0.3 is 0 Å². The van der Waals surface area contributed by atoms with E-state index in [0.717, 1.165) is 49.8 Å². The molecule has 2 aliphatic rings. The third kappa shape index (κ3) is 3.99. The zero-order valence-electron chi connectivity index (χ0n) is 17.2. The second-order valence-corrected chi connectivity index (χ2v) is 8.37. The van der Waals surface area contributed by atoms with Crippen molar-refractivity contribution < 1.29 is 19.0 Å². The van der Waals surface area contributed by atoms with Crippen molar-refractivity contribution in [2.75, 3.05) is 20.8 Å². The van der Waals surface area contributed by atoms with Gasteiger partial charge in [-0.05, 0) is 54.7 Å². The Kier molecular flexibility index (Phi) is 5.79. The van der Waals surface area contributed by atoms with Crippen LogP contribution in [0.1, 0.15) is 49.3 Å². The summed E-state index contributed by atoms with van der Waals surface area (Å²) < 4.78 is 24.7. The van der Waals surface area contributed by atoms with Crippen LogP contribution in [0.15, 0.2) is 42.5 Å². The maximum atomic E-state index is 13.8. The Balaban J connectivity index is 1.72. The number of piperidine rings is 1. The minimum Gasteiger partial charge on any atom is -0.493 e. The van der Waals surface area contributed by atoms with Crippen molar-refractivity contribution in [1.29, 1.82) is 0 Å². The highest BCUT2D eigenvalue weighted by atomic mass is 19.1. The number of fused-ring (bicyclic) bond motifs is 1. The molecule has 29 heavy (non-hydrogen) atoms. The number of ether oxygens (including phenoxy) is 2. The Labute approximate surface area is 172 Å². The first-order chi connectivity index (χ1) is 14.0. The first-order valence-electron chi connectivity index (χ1n) is 10.5. The third-order valence-corrected chi connectivity index (χ3v) is 6.70. The summed E-state index contributed by atoms with van der Waals surface area (Å²) in [5.41, 5.74) is 1.44. The van der Waals surface area contributed by atoms with E-state index in [-0.39, 0.29) is 17.8 Å². The van der Waals surface area contributed by atoms with Crippen LogP contribution in [0.2, 0.25) is 0 Å². The fourth-order valence-corrected chi connectivity index (χ4v) is 5.27. The molecule has 2 aromatic rings. The molecule has 0 radical (unpaired) electrons. The van der Waals surface area contributed by atoms with Gasteiger partial charge in [-0.2, -0.15) is 0 Å². The van der Waals surface area contributed by atoms with Crippen LogP contribution in [0, 0.1) is 11.7 Å². The molecule has 1 heterocycles. The molecule has 2 fully saturated rings. The van der Waals surface area contributed by atoms with Gasteiger partial charge in [0, 0.05) is 25.0 Å². The van der Waals surface area contributed by atoms with Gasteiger partial charge in [0.15, 0.2) is 11.5 Å². The monoisotopic (exact) mass is 399 g/mol. The summed E-state index contributed by atoms with van der Waals surface area (Å²) in [4.78, 5) is 2.39. The van der Waals surface area contributed by atoms with Crippen molar-refractivity contribution in [2.45, 2.75) is 50.3 Å². The van der Waals surface area contributed by atoms with Crippen LogP contribution in [0.4, 0.5) is 4.39 Å². The van der Waals surface area contributed by atoms with Gasteiger partial charge in [-0.25, -0.2) is 4.39 Å². The fourth-order valence-electron chi connectivity index (χ4n) is 5.27. The quantitative estimate of drug-likeness (QED) is 0.791. The summed E-state index contributed by atoms with van der Waals surface area (Å²) in [6.07, 6.45) is 4.82. The lowest BCUT2D eigenvalue weighted by Crippen LogP contribution is -2.54. The topological polar surface area (TPSA) is 41.9 Å². The molecule has 3 atom stereocenters. The van der Waals surface area contributed by atoms with Crippen molar-refractivity contribution in [3.05, 3.63) is 59.4 Å². The predicted molar refractivity (Wildman–Crippen MR) is 111 cm³/mol. The highest BCUT2D eigenvalue weighted by Crippen LogP contribution is 2.50. The van der Waals surface area contributed by atoms with Crippen molar-refractivity contribution in [3.8, 4) is 11.5 Å². The molecule has 1 saturated carbocycles. The lowest BCUT2D eigenvalue weighted by atomic mass is 9.66. The Morgan fingerprint density at radius 3 is 2.66 bits per heavy atom. The molecular weight excluding hydrogens is 369 g/mol. The number of halogens is 1. The van der Waals surface area contributed by atoms with Crippen molar-refractivity contribution in [2.24, 2.45) is 5.92 Å². The molecule has 0 aromatic heterocycles. The highest BCUT2D eigenvalue weighted by Gasteiger charge is 2.48. The summed E-state index contributed by atoms with van der Waals surface area (Å²) in [5.74, 6) is 1.33. The first-order valence-corrected chi connectivity index (χ1v) is 10.5. The lowest BCUT2D eigenvalue weighted by molar-refractivity contribution is -0.126. The molecular formula is C24H30FNO3. The number of aliphatic hydroxyl groups is 1. The molecule has 0 unspecified atom stereocenters. The van der Waals surface area contributed by atoms with E-state index in [4.69, 9.17) is 9.47 Å². The number of benzene rings is 2. The van der Waals surface area contributed by atoms with Crippen molar-refractivity contribution >= 4 is 0 Å². The molecule has 2 aromatic carbocycles. The third-order valence-electron chi connectivity index (χ3n) is 6.70. The molecule has 156 valence electrons. The number of hydrogen-bond acceptors (Lipinski definition) is 4.